The monoisotopic (exact) mass is 493 g/mol. The van der Waals surface area contributed by atoms with Crippen LogP contribution in [0, 0.1) is 7.14 Å². The first-order chi connectivity index (χ1) is 13.0. The number of hydrogen-bond acceptors (Lipinski definition) is 0. The van der Waals surface area contributed by atoms with Gasteiger partial charge >= 0.3 is 21.2 Å². The molecule has 2 heteroatoms. The zero-order valence-corrected chi connectivity index (χ0v) is 21.0. The molecule has 2 aromatic carbocycles. The molecule has 0 atom stereocenters. The Labute approximate surface area is 179 Å². The van der Waals surface area contributed by atoms with Crippen LogP contribution in [0.15, 0.2) is 48.5 Å². The highest BCUT2D eigenvalue weighted by molar-refractivity contribution is 6.88. The van der Waals surface area contributed by atoms with Gasteiger partial charge in [0, 0.05) is 0 Å². The summed E-state index contributed by atoms with van der Waals surface area (Å²) in [4.78, 5) is 0. The Hall–Kier alpha value is -0.613. The van der Waals surface area contributed by atoms with E-state index in [9.17, 15) is 0 Å². The molecule has 148 valence electrons. The molecule has 0 aliphatic rings. The second kappa shape index (κ2) is 12.1. The Morgan fingerprint density at radius 2 is 1.30 bits per heavy atom. The quantitative estimate of drug-likeness (QED) is 0.238. The van der Waals surface area contributed by atoms with Crippen molar-refractivity contribution in [3.63, 3.8) is 0 Å². The average Bonchev–Trinajstić information content (AvgIpc) is 2.65. The molecule has 2 aromatic rings. The van der Waals surface area contributed by atoms with Crippen molar-refractivity contribution < 1.29 is 21.2 Å². The standard InChI is InChI=1S/C25H38ISi/c1-5-6-7-8-9-10-11-12-15-22-18-20-23(21-19-22)26-24-16-13-14-17-25(24)27(2,3)4/h13-14,16-21H,5-12,15H2,1-4H3/q+1. The highest BCUT2D eigenvalue weighted by atomic mass is 127. The molecule has 0 unspecified atom stereocenters. The van der Waals surface area contributed by atoms with E-state index in [2.05, 4.69) is 75.1 Å². The van der Waals surface area contributed by atoms with E-state index in [1.54, 1.807) is 12.3 Å². The topological polar surface area (TPSA) is 0 Å². The highest BCUT2D eigenvalue weighted by Crippen LogP contribution is 2.11. The predicted octanol–water partition coefficient (Wildman–Crippen LogP) is 4.04. The smallest absolute Gasteiger partial charge is 0.0655 e. The average molecular weight is 494 g/mol. The molecule has 0 heterocycles. The van der Waals surface area contributed by atoms with Crippen LogP contribution in [0.2, 0.25) is 19.6 Å². The molecule has 0 radical (unpaired) electrons. The van der Waals surface area contributed by atoms with Crippen molar-refractivity contribution in [2.24, 2.45) is 0 Å². The highest BCUT2D eigenvalue weighted by Gasteiger charge is 2.27. The number of aryl methyl sites for hydroxylation is 1. The number of halogens is 1. The summed E-state index contributed by atoms with van der Waals surface area (Å²) < 4.78 is 3.19. The van der Waals surface area contributed by atoms with Crippen molar-refractivity contribution in [2.45, 2.75) is 84.4 Å². The van der Waals surface area contributed by atoms with Gasteiger partial charge in [0.15, 0.2) is 7.14 Å². The van der Waals surface area contributed by atoms with E-state index < -0.39 is 8.07 Å². The lowest BCUT2D eigenvalue weighted by molar-refractivity contribution is -0.596. The second-order valence-electron chi connectivity index (χ2n) is 8.68. The van der Waals surface area contributed by atoms with Gasteiger partial charge in [0.2, 0.25) is 0 Å². The second-order valence-corrected chi connectivity index (χ2v) is 16.7. The van der Waals surface area contributed by atoms with E-state index in [0.29, 0.717) is 0 Å². The zero-order chi connectivity index (χ0) is 19.5. The normalized spacial score (nSPS) is 11.7. The fraction of sp³-hybridized carbons (Fsp3) is 0.520. The van der Waals surface area contributed by atoms with Crippen LogP contribution in [0.25, 0.3) is 0 Å². The largest absolute Gasteiger partial charge is 0.357 e. The van der Waals surface area contributed by atoms with Crippen molar-refractivity contribution >= 4 is 13.3 Å². The number of benzene rings is 2. The van der Waals surface area contributed by atoms with E-state index in [1.807, 2.05) is 0 Å². The van der Waals surface area contributed by atoms with Crippen LogP contribution in [-0.4, -0.2) is 8.07 Å². The molecule has 0 aliphatic carbocycles. The van der Waals surface area contributed by atoms with Gasteiger partial charge in [-0.2, -0.15) is 0 Å². The first-order valence-corrected chi connectivity index (χ1v) is 16.5. The summed E-state index contributed by atoms with van der Waals surface area (Å²) in [6, 6.07) is 18.7. The van der Waals surface area contributed by atoms with E-state index in [0.717, 1.165) is 0 Å². The fourth-order valence-electron chi connectivity index (χ4n) is 3.45. The maximum Gasteiger partial charge on any atom is 0.357 e. The van der Waals surface area contributed by atoms with E-state index in [4.69, 9.17) is 0 Å². The zero-order valence-electron chi connectivity index (χ0n) is 17.9. The van der Waals surface area contributed by atoms with Gasteiger partial charge in [0.1, 0.15) is 0 Å². The number of hydrogen-bond donors (Lipinski definition) is 0. The van der Waals surface area contributed by atoms with Crippen molar-refractivity contribution in [2.75, 3.05) is 0 Å². The van der Waals surface area contributed by atoms with Crippen LogP contribution in [0.4, 0.5) is 0 Å². The van der Waals surface area contributed by atoms with Crippen LogP contribution < -0.4 is 26.4 Å². The third kappa shape index (κ3) is 8.51. The van der Waals surface area contributed by atoms with Crippen LogP contribution in [0.3, 0.4) is 0 Å². The molecule has 0 N–H and O–H groups in total. The molecule has 0 saturated heterocycles. The number of unbranched alkanes of at least 4 members (excludes halogenated alkanes) is 7. The molecule has 0 nitrogen and oxygen atoms in total. The van der Waals surface area contributed by atoms with Crippen LogP contribution in [0.1, 0.15) is 63.9 Å². The summed E-state index contributed by atoms with van der Waals surface area (Å²) in [5.74, 6) is 0. The minimum atomic E-state index is -1.25. The molecule has 0 aliphatic heterocycles. The summed E-state index contributed by atoms with van der Waals surface area (Å²) in [6.07, 6.45) is 12.5. The van der Waals surface area contributed by atoms with Crippen LogP contribution in [0.5, 0.6) is 0 Å². The van der Waals surface area contributed by atoms with Gasteiger partial charge < -0.3 is 0 Å². The summed E-state index contributed by atoms with van der Waals surface area (Å²) in [5.41, 5.74) is 1.52. The Morgan fingerprint density at radius 1 is 0.704 bits per heavy atom. The minimum absolute atomic E-state index is 0.0645. The van der Waals surface area contributed by atoms with Gasteiger partial charge in [0.25, 0.3) is 0 Å². The molecule has 0 fully saturated rings. The van der Waals surface area contributed by atoms with Crippen LogP contribution >= 0.6 is 0 Å². The lowest BCUT2D eigenvalue weighted by Gasteiger charge is -2.15. The predicted molar refractivity (Wildman–Crippen MR) is 120 cm³/mol. The molecule has 27 heavy (non-hydrogen) atoms. The molecule has 2 rings (SSSR count). The lowest BCUT2D eigenvalue weighted by Crippen LogP contribution is -3.62. The van der Waals surface area contributed by atoms with Crippen molar-refractivity contribution in [1.29, 1.82) is 0 Å². The first kappa shape index (κ1) is 22.7. The molecule has 0 spiro atoms. The van der Waals surface area contributed by atoms with Gasteiger partial charge in [-0.05, 0) is 41.8 Å². The van der Waals surface area contributed by atoms with Crippen molar-refractivity contribution in [1.82, 2.24) is 0 Å². The first-order valence-electron chi connectivity index (χ1n) is 10.8. The molecule has 0 saturated carbocycles. The summed E-state index contributed by atoms with van der Waals surface area (Å²) in [5, 5.41) is 1.65. The molecule has 0 aromatic heterocycles. The van der Waals surface area contributed by atoms with Gasteiger partial charge in [0.05, 0.1) is 8.07 Å². The third-order valence-electron chi connectivity index (χ3n) is 5.13. The Kier molecular flexibility index (Phi) is 10.1. The Morgan fingerprint density at radius 3 is 1.93 bits per heavy atom. The van der Waals surface area contributed by atoms with E-state index >= 15 is 0 Å². The van der Waals surface area contributed by atoms with Gasteiger partial charge in [-0.1, -0.05) is 102 Å². The maximum absolute atomic E-state index is 2.46. The summed E-state index contributed by atoms with van der Waals surface area (Å²) in [6.45, 7) is 9.67. The van der Waals surface area contributed by atoms with Crippen molar-refractivity contribution in [3.05, 3.63) is 61.2 Å². The van der Waals surface area contributed by atoms with Crippen LogP contribution in [-0.2, 0) is 6.42 Å². The Balaban J connectivity index is 1.78. The molecule has 0 bridgehead atoms. The fourth-order valence-corrected chi connectivity index (χ4v) is 9.83. The maximum atomic E-state index is 2.46. The van der Waals surface area contributed by atoms with E-state index in [1.165, 1.54) is 63.4 Å². The van der Waals surface area contributed by atoms with Gasteiger partial charge in [-0.15, -0.1) is 0 Å². The number of rotatable bonds is 12. The summed E-state index contributed by atoms with van der Waals surface area (Å²) >= 11 is -0.0645. The van der Waals surface area contributed by atoms with Gasteiger partial charge in [-0.25, -0.2) is 0 Å². The minimum Gasteiger partial charge on any atom is -0.0655 e. The summed E-state index contributed by atoms with van der Waals surface area (Å²) in [7, 11) is -1.25. The van der Waals surface area contributed by atoms with E-state index in [-0.39, 0.29) is 21.2 Å². The Bertz CT molecular complexity index is 655. The van der Waals surface area contributed by atoms with Gasteiger partial charge in [-0.3, -0.25) is 0 Å². The third-order valence-corrected chi connectivity index (χ3v) is 10.5. The lowest BCUT2D eigenvalue weighted by atomic mass is 10.0. The SMILES string of the molecule is CCCCCCCCCCc1ccc([I+]c2ccccc2[Si](C)(C)C)cc1. The molecular formula is C25H38ISi+. The molecule has 0 amide bonds. The van der Waals surface area contributed by atoms with Crippen molar-refractivity contribution in [3.8, 4) is 0 Å². The molecular weight excluding hydrogens is 455 g/mol.